The van der Waals surface area contributed by atoms with Gasteiger partial charge in [-0.25, -0.2) is 9.59 Å². The van der Waals surface area contributed by atoms with Crippen LogP contribution in [0.5, 0.6) is 0 Å². The second-order valence-electron chi connectivity index (χ2n) is 5.64. The van der Waals surface area contributed by atoms with Gasteiger partial charge in [0.05, 0.1) is 6.04 Å². The highest BCUT2D eigenvalue weighted by atomic mass is 16.4. The molecule has 0 bridgehead atoms. The van der Waals surface area contributed by atoms with E-state index in [1.54, 1.807) is 5.94 Å². The zero-order valence-electron chi connectivity index (χ0n) is 11.4. The second-order valence-corrected chi connectivity index (χ2v) is 5.64. The Labute approximate surface area is 117 Å². The summed E-state index contributed by atoms with van der Waals surface area (Å²) < 4.78 is 0. The Bertz CT molecular complexity index is 450. The minimum Gasteiger partial charge on any atom is -0.479 e. The van der Waals surface area contributed by atoms with Gasteiger partial charge in [0.15, 0.2) is 6.04 Å². The molecule has 3 N–H and O–H groups in total. The molecule has 6 heteroatoms. The molecule has 110 valence electrons. The van der Waals surface area contributed by atoms with Crippen molar-refractivity contribution in [1.82, 2.24) is 4.90 Å². The maximum Gasteiger partial charge on any atom is 0.331 e. The van der Waals surface area contributed by atoms with Crippen molar-refractivity contribution in [3.8, 4) is 0 Å². The Hall–Kier alpha value is -1.65. The van der Waals surface area contributed by atoms with Crippen molar-refractivity contribution in [2.45, 2.75) is 50.6 Å². The van der Waals surface area contributed by atoms with Crippen LogP contribution in [0.15, 0.2) is 5.57 Å². The molecule has 1 saturated heterocycles. The lowest BCUT2D eigenvalue weighted by Crippen LogP contribution is -2.49. The van der Waals surface area contributed by atoms with Crippen molar-refractivity contribution in [3.05, 3.63) is 5.57 Å². The van der Waals surface area contributed by atoms with Gasteiger partial charge in [0.1, 0.15) is 5.94 Å². The number of carboxylic acid groups (broad SMARTS) is 1. The molecule has 0 aromatic heterocycles. The van der Waals surface area contributed by atoms with Crippen molar-refractivity contribution in [2.24, 2.45) is 11.7 Å². The minimum absolute atomic E-state index is 0.124. The van der Waals surface area contributed by atoms with E-state index in [0.717, 1.165) is 12.8 Å². The average Bonchev–Trinajstić information content (AvgIpc) is 3.05. The van der Waals surface area contributed by atoms with E-state index in [9.17, 15) is 14.4 Å². The number of carbonyl (C=O) groups is 2. The van der Waals surface area contributed by atoms with Gasteiger partial charge in [0.2, 0.25) is 5.91 Å². The summed E-state index contributed by atoms with van der Waals surface area (Å²) in [5, 5.41) is 9.17. The normalized spacial score (nSPS) is 24.8. The van der Waals surface area contributed by atoms with E-state index >= 15 is 0 Å². The van der Waals surface area contributed by atoms with Crippen molar-refractivity contribution in [3.63, 3.8) is 0 Å². The molecule has 1 saturated carbocycles. The van der Waals surface area contributed by atoms with Crippen LogP contribution in [0.25, 0.3) is 0 Å². The molecule has 2 atom stereocenters. The number of hydrogen-bond acceptors (Lipinski definition) is 4. The lowest BCUT2D eigenvalue weighted by Gasteiger charge is -2.25. The predicted octanol–water partition coefficient (Wildman–Crippen LogP) is 0.337. The van der Waals surface area contributed by atoms with Gasteiger partial charge >= 0.3 is 5.97 Å². The summed E-state index contributed by atoms with van der Waals surface area (Å²) in [7, 11) is 0. The lowest BCUT2D eigenvalue weighted by molar-refractivity contribution is -0.147. The Kier molecular flexibility index (Phi) is 4.57. The Balaban J connectivity index is 2.03. The molecule has 0 aromatic carbocycles. The lowest BCUT2D eigenvalue weighted by atomic mass is 9.98. The first-order valence-electron chi connectivity index (χ1n) is 7.07. The van der Waals surface area contributed by atoms with Gasteiger partial charge < -0.3 is 15.7 Å². The van der Waals surface area contributed by atoms with Crippen LogP contribution in [0.2, 0.25) is 0 Å². The molecule has 1 heterocycles. The molecule has 0 spiro atoms. The number of nitrogens with zero attached hydrogens (tertiary/aromatic N) is 1. The number of carboxylic acids is 1. The summed E-state index contributed by atoms with van der Waals surface area (Å²) in [5.74, 6) is 0.544. The van der Waals surface area contributed by atoms with E-state index in [0.29, 0.717) is 12.3 Å². The topological polar surface area (TPSA) is 101 Å². The number of carbonyl (C=O) groups excluding carboxylic acids is 2. The number of likely N-dealkylation sites (tertiary alicyclic amines) is 1. The number of nitrogens with two attached hydrogens (primary N) is 1. The maximum atomic E-state index is 12.3. The summed E-state index contributed by atoms with van der Waals surface area (Å²) in [6, 6.07) is -1.86. The van der Waals surface area contributed by atoms with Crippen LogP contribution in [0.1, 0.15) is 38.5 Å². The highest BCUT2D eigenvalue weighted by Crippen LogP contribution is 2.29. The smallest absolute Gasteiger partial charge is 0.331 e. The zero-order valence-corrected chi connectivity index (χ0v) is 11.4. The monoisotopic (exact) mass is 280 g/mol. The van der Waals surface area contributed by atoms with Crippen LogP contribution in [0.4, 0.5) is 0 Å². The van der Waals surface area contributed by atoms with Gasteiger partial charge in [-0.05, 0) is 18.8 Å². The minimum atomic E-state index is -1.19. The SMILES string of the molecule is N[C@H](CC1CCCC1)C(=O)N1CCC(=C=O)[C@H]1C(=O)O. The van der Waals surface area contributed by atoms with E-state index < -0.39 is 18.1 Å². The molecular weight excluding hydrogens is 260 g/mol. The standard InChI is InChI=1S/C14H20N2O4/c15-11(7-9-3-1-2-4-9)13(18)16-6-5-10(8-17)12(16)14(19)20/h9,11-12H,1-7,15H2,(H,19,20)/t11-,12+/m1/s1. The van der Waals surface area contributed by atoms with E-state index in [1.165, 1.54) is 17.7 Å². The van der Waals surface area contributed by atoms with Gasteiger partial charge in [-0.3, -0.25) is 4.79 Å². The second kappa shape index (κ2) is 6.20. The molecular formula is C14H20N2O4. The fraction of sp³-hybridized carbons (Fsp3) is 0.714. The van der Waals surface area contributed by atoms with Crippen molar-refractivity contribution in [2.75, 3.05) is 6.54 Å². The highest BCUT2D eigenvalue weighted by molar-refractivity contribution is 5.91. The van der Waals surface area contributed by atoms with Crippen LogP contribution >= 0.6 is 0 Å². The summed E-state index contributed by atoms with van der Waals surface area (Å²) >= 11 is 0. The largest absolute Gasteiger partial charge is 0.479 e. The van der Waals surface area contributed by atoms with E-state index in [2.05, 4.69) is 0 Å². The molecule has 20 heavy (non-hydrogen) atoms. The third kappa shape index (κ3) is 2.92. The quantitative estimate of drug-likeness (QED) is 0.723. The van der Waals surface area contributed by atoms with Crippen LogP contribution in [-0.2, 0) is 14.4 Å². The molecule has 0 aromatic rings. The van der Waals surface area contributed by atoms with Crippen molar-refractivity contribution >= 4 is 17.8 Å². The Morgan fingerprint density at radius 3 is 2.60 bits per heavy atom. The van der Waals surface area contributed by atoms with Gasteiger partial charge in [-0.1, -0.05) is 25.7 Å². The van der Waals surface area contributed by atoms with Gasteiger partial charge in [0, 0.05) is 12.1 Å². The molecule has 2 aliphatic rings. The summed E-state index contributed by atoms with van der Waals surface area (Å²) in [4.78, 5) is 35.5. The first-order chi connectivity index (χ1) is 9.54. The Morgan fingerprint density at radius 2 is 2.05 bits per heavy atom. The molecule has 2 rings (SSSR count). The summed E-state index contributed by atoms with van der Waals surface area (Å²) in [6.45, 7) is 0.235. The van der Waals surface area contributed by atoms with E-state index in [4.69, 9.17) is 10.8 Å². The Morgan fingerprint density at radius 1 is 1.40 bits per heavy atom. The van der Waals surface area contributed by atoms with Crippen LogP contribution in [0.3, 0.4) is 0 Å². The number of amides is 1. The third-order valence-corrected chi connectivity index (χ3v) is 4.29. The fourth-order valence-corrected chi connectivity index (χ4v) is 3.24. The van der Waals surface area contributed by atoms with Crippen LogP contribution in [-0.4, -0.2) is 46.5 Å². The first-order valence-corrected chi connectivity index (χ1v) is 7.07. The number of aliphatic carboxylic acids is 1. The van der Waals surface area contributed by atoms with Gasteiger partial charge in [-0.2, -0.15) is 0 Å². The van der Waals surface area contributed by atoms with E-state index in [1.807, 2.05) is 0 Å². The predicted molar refractivity (Wildman–Crippen MR) is 71.5 cm³/mol. The third-order valence-electron chi connectivity index (χ3n) is 4.29. The van der Waals surface area contributed by atoms with Crippen LogP contribution in [0, 0.1) is 5.92 Å². The maximum absolute atomic E-state index is 12.3. The molecule has 2 fully saturated rings. The molecule has 1 amide bonds. The molecule has 1 aliphatic carbocycles. The molecule has 1 aliphatic heterocycles. The number of rotatable bonds is 4. The van der Waals surface area contributed by atoms with Crippen LogP contribution < -0.4 is 5.73 Å². The average molecular weight is 280 g/mol. The summed E-state index contributed by atoms with van der Waals surface area (Å²) in [6.07, 6.45) is 5.38. The fourth-order valence-electron chi connectivity index (χ4n) is 3.24. The van der Waals surface area contributed by atoms with Gasteiger partial charge in [0.25, 0.3) is 0 Å². The molecule has 6 nitrogen and oxygen atoms in total. The van der Waals surface area contributed by atoms with E-state index in [-0.39, 0.29) is 24.4 Å². The van der Waals surface area contributed by atoms with Crippen molar-refractivity contribution < 1.29 is 19.5 Å². The molecule has 0 radical (unpaired) electrons. The molecule has 0 unspecified atom stereocenters. The van der Waals surface area contributed by atoms with Gasteiger partial charge in [-0.15, -0.1) is 0 Å². The zero-order chi connectivity index (χ0) is 14.7. The van der Waals surface area contributed by atoms with Crippen molar-refractivity contribution in [1.29, 1.82) is 0 Å². The number of hydrogen-bond donors (Lipinski definition) is 2. The highest BCUT2D eigenvalue weighted by Gasteiger charge is 2.40. The summed E-state index contributed by atoms with van der Waals surface area (Å²) in [5.41, 5.74) is 6.06. The first kappa shape index (κ1) is 14.8.